The molecule has 0 aliphatic carbocycles. The van der Waals surface area contributed by atoms with Crippen LogP contribution in [0.2, 0.25) is 0 Å². The molecule has 128 valence electrons. The summed E-state index contributed by atoms with van der Waals surface area (Å²) in [6.07, 6.45) is 3.65. The van der Waals surface area contributed by atoms with Gasteiger partial charge < -0.3 is 14.8 Å². The second-order valence-corrected chi connectivity index (χ2v) is 5.54. The van der Waals surface area contributed by atoms with E-state index in [1.165, 1.54) is 16.8 Å². The highest BCUT2D eigenvalue weighted by Gasteiger charge is 2.21. The minimum atomic E-state index is -0.328. The SMILES string of the molecule is CCOc1cn(-c2ccc(F)cc2)nc1C(=O)NCC1CCCO1. The smallest absolute Gasteiger partial charge is 0.275 e. The first kappa shape index (κ1) is 16.4. The average molecular weight is 333 g/mol. The number of amides is 1. The summed E-state index contributed by atoms with van der Waals surface area (Å²) >= 11 is 0. The number of nitrogens with one attached hydrogen (secondary N) is 1. The van der Waals surface area contributed by atoms with Crippen LogP contribution in [0.1, 0.15) is 30.3 Å². The Labute approximate surface area is 139 Å². The summed E-state index contributed by atoms with van der Waals surface area (Å²) in [5.41, 5.74) is 0.856. The predicted octanol–water partition coefficient (Wildman–Crippen LogP) is 2.32. The van der Waals surface area contributed by atoms with Crippen molar-refractivity contribution in [2.24, 2.45) is 0 Å². The van der Waals surface area contributed by atoms with Crippen LogP contribution in [0.3, 0.4) is 0 Å². The molecule has 0 bridgehead atoms. The molecule has 6 nitrogen and oxygen atoms in total. The molecule has 1 aromatic carbocycles. The van der Waals surface area contributed by atoms with Crippen molar-refractivity contribution in [3.8, 4) is 11.4 Å². The Morgan fingerprint density at radius 3 is 2.92 bits per heavy atom. The van der Waals surface area contributed by atoms with Crippen molar-refractivity contribution < 1.29 is 18.7 Å². The molecule has 0 radical (unpaired) electrons. The van der Waals surface area contributed by atoms with Gasteiger partial charge in [0.05, 0.1) is 24.6 Å². The fraction of sp³-hybridized carbons (Fsp3) is 0.412. The summed E-state index contributed by atoms with van der Waals surface area (Å²) in [4.78, 5) is 12.4. The van der Waals surface area contributed by atoms with Gasteiger partial charge in [0.25, 0.3) is 5.91 Å². The highest BCUT2D eigenvalue weighted by molar-refractivity contribution is 5.95. The number of carbonyl (C=O) groups is 1. The van der Waals surface area contributed by atoms with Gasteiger partial charge in [-0.05, 0) is 44.0 Å². The van der Waals surface area contributed by atoms with E-state index < -0.39 is 0 Å². The molecule has 2 aromatic rings. The zero-order valence-corrected chi connectivity index (χ0v) is 13.5. The van der Waals surface area contributed by atoms with Crippen LogP contribution in [-0.2, 0) is 4.74 Å². The first-order valence-electron chi connectivity index (χ1n) is 8.05. The van der Waals surface area contributed by atoms with Gasteiger partial charge in [-0.1, -0.05) is 0 Å². The second-order valence-electron chi connectivity index (χ2n) is 5.54. The number of hydrogen-bond donors (Lipinski definition) is 1. The lowest BCUT2D eigenvalue weighted by atomic mass is 10.2. The molecule has 1 unspecified atom stereocenters. The molecule has 1 aliphatic rings. The molecule has 2 heterocycles. The van der Waals surface area contributed by atoms with Crippen molar-refractivity contribution >= 4 is 5.91 Å². The van der Waals surface area contributed by atoms with E-state index in [9.17, 15) is 9.18 Å². The van der Waals surface area contributed by atoms with E-state index in [2.05, 4.69) is 10.4 Å². The molecule has 3 rings (SSSR count). The third-order valence-electron chi connectivity index (χ3n) is 3.80. The van der Waals surface area contributed by atoms with Crippen LogP contribution in [0.15, 0.2) is 30.5 Å². The zero-order chi connectivity index (χ0) is 16.9. The molecule has 1 fully saturated rings. The normalized spacial score (nSPS) is 17.0. The summed E-state index contributed by atoms with van der Waals surface area (Å²) in [7, 11) is 0. The van der Waals surface area contributed by atoms with E-state index in [0.717, 1.165) is 19.4 Å². The fourth-order valence-electron chi connectivity index (χ4n) is 2.60. The molecule has 24 heavy (non-hydrogen) atoms. The molecule has 1 aromatic heterocycles. The lowest BCUT2D eigenvalue weighted by molar-refractivity contribution is 0.0850. The average Bonchev–Trinajstić information content (AvgIpc) is 3.23. The molecular formula is C17H20FN3O3. The third kappa shape index (κ3) is 3.73. The van der Waals surface area contributed by atoms with Crippen molar-refractivity contribution in [2.75, 3.05) is 19.8 Å². The Balaban J connectivity index is 1.77. The second kappa shape index (κ2) is 7.44. The van der Waals surface area contributed by atoms with Crippen molar-refractivity contribution in [1.29, 1.82) is 0 Å². The summed E-state index contributed by atoms with van der Waals surface area (Å²) in [5.74, 6) is -0.244. The van der Waals surface area contributed by atoms with E-state index in [4.69, 9.17) is 9.47 Å². The zero-order valence-electron chi connectivity index (χ0n) is 13.5. The van der Waals surface area contributed by atoms with Crippen LogP contribution in [0.25, 0.3) is 5.69 Å². The number of carbonyl (C=O) groups excluding carboxylic acids is 1. The van der Waals surface area contributed by atoms with Gasteiger partial charge in [0.1, 0.15) is 5.82 Å². The van der Waals surface area contributed by atoms with Crippen LogP contribution in [0.4, 0.5) is 4.39 Å². The Morgan fingerprint density at radius 1 is 1.46 bits per heavy atom. The van der Waals surface area contributed by atoms with E-state index >= 15 is 0 Å². The minimum Gasteiger partial charge on any atom is -0.490 e. The highest BCUT2D eigenvalue weighted by Crippen LogP contribution is 2.20. The van der Waals surface area contributed by atoms with Crippen LogP contribution < -0.4 is 10.1 Å². The van der Waals surface area contributed by atoms with Gasteiger partial charge in [0, 0.05) is 13.2 Å². The van der Waals surface area contributed by atoms with Gasteiger partial charge in [0.2, 0.25) is 0 Å². The lowest BCUT2D eigenvalue weighted by Gasteiger charge is -2.10. The Kier molecular flexibility index (Phi) is 5.10. The highest BCUT2D eigenvalue weighted by atomic mass is 19.1. The number of hydrogen-bond acceptors (Lipinski definition) is 4. The summed E-state index contributed by atoms with van der Waals surface area (Å²) in [6.45, 7) is 3.45. The van der Waals surface area contributed by atoms with Gasteiger partial charge in [-0.15, -0.1) is 0 Å². The maximum absolute atomic E-state index is 13.1. The lowest BCUT2D eigenvalue weighted by Crippen LogP contribution is -2.32. The first-order valence-corrected chi connectivity index (χ1v) is 8.05. The van der Waals surface area contributed by atoms with Crippen LogP contribution >= 0.6 is 0 Å². The van der Waals surface area contributed by atoms with E-state index in [0.29, 0.717) is 24.6 Å². The standard InChI is InChI=1S/C17H20FN3O3/c1-2-23-15-11-21(13-7-5-12(18)6-8-13)20-16(15)17(22)19-10-14-4-3-9-24-14/h5-8,11,14H,2-4,9-10H2,1H3,(H,19,22). The number of halogens is 1. The van der Waals surface area contributed by atoms with Gasteiger partial charge in [-0.2, -0.15) is 5.10 Å². The summed E-state index contributed by atoms with van der Waals surface area (Å²) < 4.78 is 25.6. The molecule has 0 saturated carbocycles. The van der Waals surface area contributed by atoms with Crippen LogP contribution in [-0.4, -0.2) is 41.6 Å². The summed E-state index contributed by atoms with van der Waals surface area (Å²) in [5, 5.41) is 7.12. The van der Waals surface area contributed by atoms with Crippen molar-refractivity contribution in [2.45, 2.75) is 25.9 Å². The van der Waals surface area contributed by atoms with E-state index in [-0.39, 0.29) is 23.5 Å². The number of benzene rings is 1. The Bertz CT molecular complexity index is 694. The molecule has 1 aliphatic heterocycles. The van der Waals surface area contributed by atoms with Gasteiger partial charge in [-0.25, -0.2) is 9.07 Å². The maximum atomic E-state index is 13.1. The van der Waals surface area contributed by atoms with Crippen molar-refractivity contribution in [3.63, 3.8) is 0 Å². The van der Waals surface area contributed by atoms with E-state index in [1.54, 1.807) is 18.3 Å². The number of nitrogens with zero attached hydrogens (tertiary/aromatic N) is 2. The molecule has 1 saturated heterocycles. The third-order valence-corrected chi connectivity index (χ3v) is 3.80. The van der Waals surface area contributed by atoms with E-state index in [1.807, 2.05) is 6.92 Å². The fourth-order valence-corrected chi connectivity index (χ4v) is 2.60. The molecule has 1 amide bonds. The maximum Gasteiger partial charge on any atom is 0.275 e. The molecule has 1 atom stereocenters. The van der Waals surface area contributed by atoms with Crippen LogP contribution in [0.5, 0.6) is 5.75 Å². The quantitative estimate of drug-likeness (QED) is 0.881. The predicted molar refractivity (Wildman–Crippen MR) is 86.0 cm³/mol. The summed E-state index contributed by atoms with van der Waals surface area (Å²) in [6, 6.07) is 5.86. The van der Waals surface area contributed by atoms with Crippen LogP contribution in [0, 0.1) is 5.82 Å². The minimum absolute atomic E-state index is 0.0590. The molecule has 0 spiro atoms. The Hall–Kier alpha value is -2.41. The molecule has 7 heteroatoms. The first-order chi connectivity index (χ1) is 11.7. The van der Waals surface area contributed by atoms with Gasteiger partial charge in [-0.3, -0.25) is 4.79 Å². The number of rotatable bonds is 6. The van der Waals surface area contributed by atoms with Crippen molar-refractivity contribution in [1.82, 2.24) is 15.1 Å². The number of aromatic nitrogens is 2. The van der Waals surface area contributed by atoms with Gasteiger partial charge >= 0.3 is 0 Å². The topological polar surface area (TPSA) is 65.4 Å². The monoisotopic (exact) mass is 333 g/mol. The molecular weight excluding hydrogens is 313 g/mol. The number of ether oxygens (including phenoxy) is 2. The van der Waals surface area contributed by atoms with Crippen molar-refractivity contribution in [3.05, 3.63) is 42.0 Å². The largest absolute Gasteiger partial charge is 0.490 e. The Morgan fingerprint density at radius 2 is 2.25 bits per heavy atom. The van der Waals surface area contributed by atoms with Gasteiger partial charge in [0.15, 0.2) is 11.4 Å². The molecule has 1 N–H and O–H groups in total.